The van der Waals surface area contributed by atoms with Gasteiger partial charge in [-0.05, 0) is 77.9 Å². The van der Waals surface area contributed by atoms with Crippen molar-refractivity contribution < 1.29 is 24.0 Å². The minimum atomic E-state index is -0.891. The number of rotatable bonds is 5. The maximum Gasteiger partial charge on any atom is 0.267 e. The summed E-state index contributed by atoms with van der Waals surface area (Å²) in [5.74, 6) is -2.37. The molecule has 0 saturated carbocycles. The van der Waals surface area contributed by atoms with E-state index in [1.807, 2.05) is 0 Å². The highest BCUT2D eigenvalue weighted by Gasteiger charge is 2.39. The molecule has 0 radical (unpaired) electrons. The van der Waals surface area contributed by atoms with Crippen LogP contribution in [0.2, 0.25) is 0 Å². The number of aromatic nitrogens is 2. The van der Waals surface area contributed by atoms with Crippen molar-refractivity contribution in [1.29, 1.82) is 0 Å². The van der Waals surface area contributed by atoms with Crippen LogP contribution in [0.5, 0.6) is 0 Å². The van der Waals surface area contributed by atoms with Crippen LogP contribution in [-0.4, -0.2) is 43.3 Å². The second kappa shape index (κ2) is 9.66. The van der Waals surface area contributed by atoms with Crippen molar-refractivity contribution >= 4 is 80.4 Å². The van der Waals surface area contributed by atoms with E-state index < -0.39 is 28.2 Å². The monoisotopic (exact) mass is 527 g/mol. The summed E-state index contributed by atoms with van der Waals surface area (Å²) in [6, 6.07) is 9.54. The summed E-state index contributed by atoms with van der Waals surface area (Å²) in [7, 11) is 0. The third kappa shape index (κ3) is 4.64. The normalized spacial score (nSPS) is 12.2. The van der Waals surface area contributed by atoms with E-state index in [1.54, 1.807) is 0 Å². The first kappa shape index (κ1) is 24.1. The standard InChI is InChI=1S/C22H11Cl2N5O5S/c23-15(30)12-3-1-7-25-17(12)27-22(35)28-19(32)10-5-6-11-14(9-10)21(34)29(20(11)33)18-13(16(24)31)4-2-8-26-18/h1-9H,(H2,25,27,28,32,35). The molecule has 35 heavy (non-hydrogen) atoms. The molecule has 10 nitrogen and oxygen atoms in total. The summed E-state index contributed by atoms with van der Waals surface area (Å²) in [6.07, 6.45) is 2.70. The number of carbonyl (C=O) groups is 5. The highest BCUT2D eigenvalue weighted by Crippen LogP contribution is 2.30. The van der Waals surface area contributed by atoms with E-state index >= 15 is 0 Å². The van der Waals surface area contributed by atoms with E-state index in [9.17, 15) is 24.0 Å². The van der Waals surface area contributed by atoms with Crippen LogP contribution in [0.3, 0.4) is 0 Å². The predicted octanol–water partition coefficient (Wildman–Crippen LogP) is 3.16. The van der Waals surface area contributed by atoms with Crippen LogP contribution in [-0.2, 0) is 0 Å². The molecule has 0 atom stereocenters. The van der Waals surface area contributed by atoms with Crippen molar-refractivity contribution in [2.75, 3.05) is 10.2 Å². The number of fused-ring (bicyclic) bond motifs is 1. The molecule has 4 rings (SSSR count). The van der Waals surface area contributed by atoms with Gasteiger partial charge in [0.2, 0.25) is 0 Å². The summed E-state index contributed by atoms with van der Waals surface area (Å²) in [6.45, 7) is 0. The number of carbonyl (C=O) groups excluding carboxylic acids is 5. The first-order chi connectivity index (χ1) is 16.7. The number of benzene rings is 1. The van der Waals surface area contributed by atoms with Crippen LogP contribution in [0.1, 0.15) is 51.8 Å². The summed E-state index contributed by atoms with van der Waals surface area (Å²) in [5, 5.41) is 3.16. The number of halogens is 2. The van der Waals surface area contributed by atoms with Crippen LogP contribution >= 0.6 is 35.4 Å². The largest absolute Gasteiger partial charge is 0.316 e. The highest BCUT2D eigenvalue weighted by atomic mass is 35.5. The Bertz CT molecular complexity index is 1460. The Balaban J connectivity index is 1.56. The van der Waals surface area contributed by atoms with Crippen LogP contribution < -0.4 is 15.5 Å². The molecule has 13 heteroatoms. The van der Waals surface area contributed by atoms with E-state index in [0.29, 0.717) is 0 Å². The predicted molar refractivity (Wildman–Crippen MR) is 130 cm³/mol. The minimum absolute atomic E-state index is 0.0141. The summed E-state index contributed by atoms with van der Waals surface area (Å²) in [4.78, 5) is 70.5. The number of amides is 3. The molecular formula is C22H11Cl2N5O5S. The topological polar surface area (TPSA) is 138 Å². The van der Waals surface area contributed by atoms with Crippen molar-refractivity contribution in [3.05, 3.63) is 82.7 Å². The lowest BCUT2D eigenvalue weighted by Crippen LogP contribution is -2.34. The zero-order valence-corrected chi connectivity index (χ0v) is 19.6. The average Bonchev–Trinajstić information content (AvgIpc) is 3.08. The van der Waals surface area contributed by atoms with Crippen LogP contribution in [0.15, 0.2) is 54.9 Å². The van der Waals surface area contributed by atoms with Gasteiger partial charge in [0.05, 0.1) is 22.3 Å². The molecule has 1 aliphatic rings. The molecule has 1 aromatic carbocycles. The molecule has 3 amide bonds. The summed E-state index contributed by atoms with van der Waals surface area (Å²) < 4.78 is 0. The number of thiocarbonyl (C=S) groups is 1. The molecule has 0 aliphatic carbocycles. The molecule has 2 N–H and O–H groups in total. The number of hydrogen-bond acceptors (Lipinski definition) is 8. The van der Waals surface area contributed by atoms with Crippen LogP contribution in [0.4, 0.5) is 11.6 Å². The van der Waals surface area contributed by atoms with Gasteiger partial charge in [-0.2, -0.15) is 0 Å². The van der Waals surface area contributed by atoms with E-state index in [1.165, 1.54) is 54.9 Å². The fourth-order valence-corrected chi connectivity index (χ4v) is 3.77. The molecule has 0 fully saturated rings. The van der Waals surface area contributed by atoms with E-state index in [-0.39, 0.29) is 44.6 Å². The smallest absolute Gasteiger partial charge is 0.267 e. The third-order valence-electron chi connectivity index (χ3n) is 4.84. The van der Waals surface area contributed by atoms with E-state index in [0.717, 1.165) is 4.90 Å². The first-order valence-corrected chi connectivity index (χ1v) is 10.8. The van der Waals surface area contributed by atoms with Gasteiger partial charge in [0.25, 0.3) is 28.2 Å². The third-order valence-corrected chi connectivity index (χ3v) is 5.45. The Morgan fingerprint density at radius 1 is 0.857 bits per heavy atom. The number of anilines is 2. The molecule has 3 heterocycles. The molecule has 1 aliphatic heterocycles. The van der Waals surface area contributed by atoms with Gasteiger partial charge in [0, 0.05) is 18.0 Å². The van der Waals surface area contributed by atoms with Gasteiger partial charge >= 0.3 is 0 Å². The van der Waals surface area contributed by atoms with E-state index in [2.05, 4.69) is 20.6 Å². The van der Waals surface area contributed by atoms with Gasteiger partial charge < -0.3 is 5.32 Å². The zero-order valence-electron chi connectivity index (χ0n) is 17.2. The van der Waals surface area contributed by atoms with Crippen molar-refractivity contribution in [3.63, 3.8) is 0 Å². The van der Waals surface area contributed by atoms with Gasteiger partial charge in [0.1, 0.15) is 5.82 Å². The first-order valence-electron chi connectivity index (χ1n) is 9.64. The van der Waals surface area contributed by atoms with Crippen LogP contribution in [0.25, 0.3) is 0 Å². The van der Waals surface area contributed by atoms with Gasteiger partial charge in [-0.3, -0.25) is 29.3 Å². The van der Waals surface area contributed by atoms with Crippen LogP contribution in [0, 0.1) is 0 Å². The number of imide groups is 1. The second-order valence-corrected chi connectivity index (χ2v) is 8.03. The van der Waals surface area contributed by atoms with Crippen molar-refractivity contribution in [2.24, 2.45) is 0 Å². The fourth-order valence-electron chi connectivity index (χ4n) is 3.28. The Morgan fingerprint density at radius 2 is 1.49 bits per heavy atom. The molecule has 0 spiro atoms. The number of pyridine rings is 2. The molecule has 0 saturated heterocycles. The lowest BCUT2D eigenvalue weighted by Gasteiger charge is -2.14. The average molecular weight is 528 g/mol. The number of hydrogen-bond donors (Lipinski definition) is 2. The number of nitrogens with one attached hydrogen (secondary N) is 2. The second-order valence-electron chi connectivity index (χ2n) is 6.94. The maximum atomic E-state index is 13.0. The Morgan fingerprint density at radius 3 is 2.17 bits per heavy atom. The molecule has 0 unspecified atom stereocenters. The molecular weight excluding hydrogens is 517 g/mol. The lowest BCUT2D eigenvalue weighted by atomic mass is 10.1. The van der Waals surface area contributed by atoms with Gasteiger partial charge in [-0.1, -0.05) is 0 Å². The van der Waals surface area contributed by atoms with Gasteiger partial charge in [-0.25, -0.2) is 14.9 Å². The van der Waals surface area contributed by atoms with Crippen molar-refractivity contribution in [2.45, 2.75) is 0 Å². The van der Waals surface area contributed by atoms with Gasteiger partial charge in [-0.15, -0.1) is 0 Å². The SMILES string of the molecule is O=C(NC(=S)Nc1ncccc1C(=O)Cl)c1ccc2c(c1)C(=O)N(c1ncccc1C(=O)Cl)C2=O. The summed E-state index contributed by atoms with van der Waals surface area (Å²) in [5.41, 5.74) is -0.107. The Labute approximate surface area is 212 Å². The molecule has 174 valence electrons. The quantitative estimate of drug-likeness (QED) is 0.291. The maximum absolute atomic E-state index is 13.0. The van der Waals surface area contributed by atoms with E-state index in [4.69, 9.17) is 35.4 Å². The van der Waals surface area contributed by atoms with Crippen molar-refractivity contribution in [1.82, 2.24) is 15.3 Å². The number of nitrogens with zero attached hydrogens (tertiary/aromatic N) is 3. The minimum Gasteiger partial charge on any atom is -0.316 e. The summed E-state index contributed by atoms with van der Waals surface area (Å²) >= 11 is 16.2. The van der Waals surface area contributed by atoms with Gasteiger partial charge in [0.15, 0.2) is 10.9 Å². The molecule has 2 aromatic heterocycles. The zero-order chi connectivity index (χ0) is 25.3. The lowest BCUT2D eigenvalue weighted by molar-refractivity contribution is 0.0923. The fraction of sp³-hybridized carbons (Fsp3) is 0. The Hall–Kier alpha value is -4.06. The Kier molecular flexibility index (Phi) is 6.65. The molecule has 3 aromatic rings. The van der Waals surface area contributed by atoms with Crippen molar-refractivity contribution in [3.8, 4) is 0 Å². The molecule has 0 bridgehead atoms. The highest BCUT2D eigenvalue weighted by molar-refractivity contribution is 7.80.